The van der Waals surface area contributed by atoms with Crippen molar-refractivity contribution in [2.24, 2.45) is 0 Å². The van der Waals surface area contributed by atoms with Gasteiger partial charge in [0.15, 0.2) is 0 Å². The first-order valence-electron chi connectivity index (χ1n) is 8.17. The van der Waals surface area contributed by atoms with E-state index in [9.17, 15) is 9.50 Å². The molecule has 2 aromatic carbocycles. The Hall–Kier alpha value is -1.91. The number of aliphatic hydroxyl groups excluding tert-OH is 1. The molecule has 23 heavy (non-hydrogen) atoms. The zero-order chi connectivity index (χ0) is 15.8. The third-order valence-electron chi connectivity index (χ3n) is 4.89. The van der Waals surface area contributed by atoms with Gasteiger partial charge in [-0.05, 0) is 55.3 Å². The third kappa shape index (κ3) is 2.73. The van der Waals surface area contributed by atoms with Gasteiger partial charge in [0.05, 0.1) is 6.04 Å². The maximum absolute atomic E-state index is 13.1. The molecular formula is C19H20FNO2. The van der Waals surface area contributed by atoms with E-state index in [1.165, 1.54) is 25.0 Å². The van der Waals surface area contributed by atoms with Crippen LogP contribution in [-0.4, -0.2) is 35.7 Å². The van der Waals surface area contributed by atoms with E-state index in [1.54, 1.807) is 12.1 Å². The molecule has 3 nitrogen and oxygen atoms in total. The molecule has 1 saturated heterocycles. The van der Waals surface area contributed by atoms with Crippen LogP contribution in [0.2, 0.25) is 0 Å². The molecule has 1 fully saturated rings. The number of rotatable bonds is 2. The quantitative estimate of drug-likeness (QED) is 0.922. The highest BCUT2D eigenvalue weighted by Gasteiger charge is 2.34. The van der Waals surface area contributed by atoms with E-state index in [1.807, 2.05) is 18.2 Å². The first kappa shape index (κ1) is 14.7. The summed E-state index contributed by atoms with van der Waals surface area (Å²) >= 11 is 0. The van der Waals surface area contributed by atoms with E-state index >= 15 is 0 Å². The van der Waals surface area contributed by atoms with Gasteiger partial charge in [0.1, 0.15) is 24.3 Å². The number of fused-ring (bicyclic) bond motifs is 1. The van der Waals surface area contributed by atoms with E-state index < -0.39 is 6.10 Å². The van der Waals surface area contributed by atoms with Gasteiger partial charge < -0.3 is 9.84 Å². The minimum Gasteiger partial charge on any atom is -0.491 e. The number of hydrogen-bond donors (Lipinski definition) is 1. The van der Waals surface area contributed by atoms with Crippen LogP contribution in [0.25, 0.3) is 11.1 Å². The lowest BCUT2D eigenvalue weighted by Gasteiger charge is -2.36. The van der Waals surface area contributed by atoms with E-state index in [2.05, 4.69) is 4.90 Å². The monoisotopic (exact) mass is 313 g/mol. The van der Waals surface area contributed by atoms with Crippen molar-refractivity contribution >= 4 is 0 Å². The van der Waals surface area contributed by atoms with Gasteiger partial charge >= 0.3 is 0 Å². The lowest BCUT2D eigenvalue weighted by molar-refractivity contribution is 0.0140. The second-order valence-electron chi connectivity index (χ2n) is 6.33. The minimum atomic E-state index is -0.515. The third-order valence-corrected chi connectivity index (χ3v) is 4.89. The lowest BCUT2D eigenvalue weighted by Crippen LogP contribution is -2.44. The summed E-state index contributed by atoms with van der Waals surface area (Å²) in [5, 5.41) is 10.7. The summed E-state index contributed by atoms with van der Waals surface area (Å²) in [6.45, 7) is 2.59. The summed E-state index contributed by atoms with van der Waals surface area (Å²) in [6.07, 6.45) is 1.87. The minimum absolute atomic E-state index is 0.0432. The molecule has 2 aliphatic heterocycles. The Morgan fingerprint density at radius 2 is 1.70 bits per heavy atom. The fraction of sp³-hybridized carbons (Fsp3) is 0.368. The number of hydrogen-bond acceptors (Lipinski definition) is 3. The number of ether oxygens (including phenoxy) is 1. The smallest absolute Gasteiger partial charge is 0.125 e. The van der Waals surface area contributed by atoms with Crippen molar-refractivity contribution in [1.29, 1.82) is 0 Å². The second-order valence-corrected chi connectivity index (χ2v) is 6.33. The first-order valence-corrected chi connectivity index (χ1v) is 8.17. The number of nitrogens with zero attached hydrogens (tertiary/aromatic N) is 1. The highest BCUT2D eigenvalue weighted by molar-refractivity contribution is 5.66. The van der Waals surface area contributed by atoms with Crippen molar-refractivity contribution in [3.8, 4) is 16.9 Å². The molecule has 2 aromatic rings. The molecule has 0 aliphatic carbocycles. The molecule has 2 aliphatic rings. The highest BCUT2D eigenvalue weighted by atomic mass is 19.1. The van der Waals surface area contributed by atoms with E-state index in [4.69, 9.17) is 4.74 Å². The van der Waals surface area contributed by atoms with Gasteiger partial charge in [-0.2, -0.15) is 0 Å². The van der Waals surface area contributed by atoms with Crippen LogP contribution in [0.4, 0.5) is 4.39 Å². The number of likely N-dealkylation sites (tertiary alicyclic amines) is 1. The normalized spacial score (nSPS) is 24.3. The molecule has 0 aromatic heterocycles. The average Bonchev–Trinajstić information content (AvgIpc) is 3.10. The Balaban J connectivity index is 1.62. The van der Waals surface area contributed by atoms with Crippen LogP contribution in [0.15, 0.2) is 42.5 Å². The van der Waals surface area contributed by atoms with Crippen LogP contribution in [0, 0.1) is 5.82 Å². The molecular weight excluding hydrogens is 293 g/mol. The molecule has 4 rings (SSSR count). The molecule has 0 unspecified atom stereocenters. The summed E-state index contributed by atoms with van der Waals surface area (Å²) in [4.78, 5) is 2.32. The number of halogens is 1. The maximum atomic E-state index is 13.1. The summed E-state index contributed by atoms with van der Waals surface area (Å²) in [7, 11) is 0. The lowest BCUT2D eigenvalue weighted by atomic mass is 9.95. The molecule has 0 radical (unpaired) electrons. The number of aliphatic hydroxyl groups is 1. The van der Waals surface area contributed by atoms with Crippen molar-refractivity contribution < 1.29 is 14.2 Å². The van der Waals surface area contributed by atoms with Crippen LogP contribution < -0.4 is 4.74 Å². The SMILES string of the molecule is O[C@@H]1c2ccc(-c3ccc(F)cc3)cc2OC[C@H]1N1CCCC1. The fourth-order valence-electron chi connectivity index (χ4n) is 3.58. The Morgan fingerprint density at radius 1 is 1.00 bits per heavy atom. The van der Waals surface area contributed by atoms with Crippen LogP contribution in [0.1, 0.15) is 24.5 Å². The summed E-state index contributed by atoms with van der Waals surface area (Å²) in [6, 6.07) is 12.3. The Kier molecular flexibility index (Phi) is 3.79. The van der Waals surface area contributed by atoms with E-state index in [0.717, 1.165) is 35.5 Å². The second kappa shape index (κ2) is 5.95. The first-order chi connectivity index (χ1) is 11.2. The Labute approximate surface area is 135 Å². The van der Waals surface area contributed by atoms with Crippen molar-refractivity contribution in [3.63, 3.8) is 0 Å². The van der Waals surface area contributed by atoms with Gasteiger partial charge in [0.2, 0.25) is 0 Å². The summed E-state index contributed by atoms with van der Waals surface area (Å²) in [5.74, 6) is 0.488. The van der Waals surface area contributed by atoms with Crippen LogP contribution >= 0.6 is 0 Å². The van der Waals surface area contributed by atoms with Crippen molar-refractivity contribution in [2.45, 2.75) is 25.0 Å². The van der Waals surface area contributed by atoms with Crippen molar-refractivity contribution in [1.82, 2.24) is 4.90 Å². The van der Waals surface area contributed by atoms with Crippen molar-refractivity contribution in [2.75, 3.05) is 19.7 Å². The van der Waals surface area contributed by atoms with Gasteiger partial charge in [0, 0.05) is 5.56 Å². The molecule has 0 spiro atoms. The van der Waals surface area contributed by atoms with E-state index in [0.29, 0.717) is 6.61 Å². The molecule has 4 heteroatoms. The predicted octanol–water partition coefficient (Wildman–Crippen LogP) is 3.38. The van der Waals surface area contributed by atoms with Gasteiger partial charge in [-0.3, -0.25) is 4.90 Å². The van der Waals surface area contributed by atoms with E-state index in [-0.39, 0.29) is 11.9 Å². The Morgan fingerprint density at radius 3 is 2.43 bits per heavy atom. The molecule has 0 bridgehead atoms. The standard InChI is InChI=1S/C19H20FNO2/c20-15-6-3-13(4-7-15)14-5-8-16-18(11-14)23-12-17(19(16)22)21-9-1-2-10-21/h3-8,11,17,19,22H,1-2,9-10,12H2/t17-,19-/m1/s1. The molecule has 0 amide bonds. The van der Waals surface area contributed by atoms with Crippen LogP contribution in [0.5, 0.6) is 5.75 Å². The highest BCUT2D eigenvalue weighted by Crippen LogP contribution is 2.37. The molecule has 2 atom stereocenters. The predicted molar refractivity (Wildman–Crippen MR) is 86.9 cm³/mol. The molecule has 120 valence electrons. The summed E-state index contributed by atoms with van der Waals surface area (Å²) < 4.78 is 19.0. The van der Waals surface area contributed by atoms with Gasteiger partial charge in [-0.15, -0.1) is 0 Å². The molecule has 0 saturated carbocycles. The van der Waals surface area contributed by atoms with Crippen molar-refractivity contribution in [3.05, 3.63) is 53.8 Å². The van der Waals surface area contributed by atoms with Gasteiger partial charge in [-0.1, -0.05) is 24.3 Å². The fourth-order valence-corrected chi connectivity index (χ4v) is 3.58. The number of benzene rings is 2. The molecule has 1 N–H and O–H groups in total. The zero-order valence-corrected chi connectivity index (χ0v) is 12.9. The average molecular weight is 313 g/mol. The van der Waals surface area contributed by atoms with Gasteiger partial charge in [0.25, 0.3) is 0 Å². The Bertz CT molecular complexity index is 695. The van der Waals surface area contributed by atoms with Crippen LogP contribution in [0.3, 0.4) is 0 Å². The molecule has 2 heterocycles. The van der Waals surface area contributed by atoms with Crippen LogP contribution in [-0.2, 0) is 0 Å². The summed E-state index contributed by atoms with van der Waals surface area (Å²) in [5.41, 5.74) is 2.75. The maximum Gasteiger partial charge on any atom is 0.125 e. The topological polar surface area (TPSA) is 32.7 Å². The zero-order valence-electron chi connectivity index (χ0n) is 12.9. The largest absolute Gasteiger partial charge is 0.491 e. The van der Waals surface area contributed by atoms with Gasteiger partial charge in [-0.25, -0.2) is 4.39 Å².